The molecule has 0 heterocycles. The topological polar surface area (TPSA) is 64.7 Å². The third kappa shape index (κ3) is 8.49. The molecule has 1 rings (SSSR count). The molecule has 26 heavy (non-hydrogen) atoms. The maximum atomic E-state index is 12.3. The quantitative estimate of drug-likeness (QED) is 0.753. The zero-order valence-electron chi connectivity index (χ0n) is 18.1. The van der Waals surface area contributed by atoms with Gasteiger partial charge in [0.1, 0.15) is 0 Å². The van der Waals surface area contributed by atoms with E-state index in [2.05, 4.69) is 20.4 Å². The normalized spacial score (nSPS) is 21.8. The molecule has 0 saturated heterocycles. The van der Waals surface area contributed by atoms with Crippen LogP contribution in [0.3, 0.4) is 0 Å². The number of nitrogens with one attached hydrogen (secondary N) is 2. The van der Waals surface area contributed by atoms with Gasteiger partial charge in [0.2, 0.25) is 11.8 Å². The molecule has 0 radical (unpaired) electrons. The fraction of sp³-hybridized carbons (Fsp3) is 0.900. The van der Waals surface area contributed by atoms with Crippen molar-refractivity contribution in [3.63, 3.8) is 0 Å². The van der Waals surface area contributed by atoms with Gasteiger partial charge in [-0.3, -0.25) is 19.4 Å². The van der Waals surface area contributed by atoms with E-state index in [1.165, 1.54) is 12.8 Å². The highest BCUT2D eigenvalue weighted by atomic mass is 16.2. The molecule has 0 aliphatic heterocycles. The molecule has 152 valence electrons. The van der Waals surface area contributed by atoms with Gasteiger partial charge in [-0.2, -0.15) is 0 Å². The Morgan fingerprint density at radius 2 is 1.08 bits per heavy atom. The number of hydrogen-bond acceptors (Lipinski definition) is 4. The van der Waals surface area contributed by atoms with E-state index in [9.17, 15) is 9.59 Å². The Balaban J connectivity index is 2.67. The molecule has 6 heteroatoms. The zero-order valence-corrected chi connectivity index (χ0v) is 18.1. The van der Waals surface area contributed by atoms with E-state index in [1.807, 2.05) is 55.6 Å². The third-order valence-electron chi connectivity index (χ3n) is 4.64. The fourth-order valence-corrected chi connectivity index (χ4v) is 3.72. The van der Waals surface area contributed by atoms with Crippen molar-refractivity contribution in [2.75, 3.05) is 27.2 Å². The Kier molecular flexibility index (Phi) is 8.08. The van der Waals surface area contributed by atoms with Crippen molar-refractivity contribution >= 4 is 11.8 Å². The van der Waals surface area contributed by atoms with Crippen molar-refractivity contribution in [2.24, 2.45) is 0 Å². The lowest BCUT2D eigenvalue weighted by Gasteiger charge is -2.42. The molecule has 0 spiro atoms. The van der Waals surface area contributed by atoms with Crippen LogP contribution in [0.1, 0.15) is 67.2 Å². The standard InChI is InChI=1S/C20H40N4O2/c1-19(2,3)21-17(25)13-23(7)15-11-9-10-12-16(15)24(8)14-18(26)22-20(4,5)6/h15-16H,9-14H2,1-8H3,(H,21,25)(H,22,26)/t15-,16-/m0/s1. The average Bonchev–Trinajstić information content (AvgIpc) is 2.42. The van der Waals surface area contributed by atoms with Gasteiger partial charge in [-0.15, -0.1) is 0 Å². The van der Waals surface area contributed by atoms with E-state index in [1.54, 1.807) is 0 Å². The molecule has 0 aromatic heterocycles. The Labute approximate surface area is 160 Å². The van der Waals surface area contributed by atoms with Crippen LogP contribution in [0.2, 0.25) is 0 Å². The van der Waals surface area contributed by atoms with Gasteiger partial charge in [0, 0.05) is 23.2 Å². The van der Waals surface area contributed by atoms with Gasteiger partial charge in [-0.1, -0.05) is 12.8 Å². The molecular formula is C20H40N4O2. The number of likely N-dealkylation sites (N-methyl/N-ethyl adjacent to an activating group) is 2. The van der Waals surface area contributed by atoms with Crippen LogP contribution in [-0.4, -0.2) is 72.0 Å². The zero-order chi connectivity index (χ0) is 20.1. The van der Waals surface area contributed by atoms with Gasteiger partial charge in [0.15, 0.2) is 0 Å². The summed E-state index contributed by atoms with van der Waals surface area (Å²) in [6, 6.07) is 0.587. The van der Waals surface area contributed by atoms with Crippen molar-refractivity contribution in [1.29, 1.82) is 0 Å². The van der Waals surface area contributed by atoms with Gasteiger partial charge in [-0.05, 0) is 68.5 Å². The Bertz CT molecular complexity index is 435. The lowest BCUT2D eigenvalue weighted by Crippen LogP contribution is -2.56. The molecule has 1 aliphatic carbocycles. The van der Waals surface area contributed by atoms with Crippen LogP contribution in [0, 0.1) is 0 Å². The summed E-state index contributed by atoms with van der Waals surface area (Å²) in [7, 11) is 4.04. The summed E-state index contributed by atoms with van der Waals surface area (Å²) in [6.45, 7) is 12.8. The summed E-state index contributed by atoms with van der Waals surface area (Å²) in [5.74, 6) is 0.106. The molecule has 2 amide bonds. The molecule has 1 aliphatic rings. The first-order valence-corrected chi connectivity index (χ1v) is 9.81. The largest absolute Gasteiger partial charge is 0.350 e. The summed E-state index contributed by atoms with van der Waals surface area (Å²) in [6.07, 6.45) is 4.48. The van der Waals surface area contributed by atoms with E-state index in [0.717, 1.165) is 12.8 Å². The molecule has 0 bridgehead atoms. The van der Waals surface area contributed by atoms with Crippen molar-refractivity contribution in [3.05, 3.63) is 0 Å². The van der Waals surface area contributed by atoms with Gasteiger partial charge in [-0.25, -0.2) is 0 Å². The van der Waals surface area contributed by atoms with Crippen LogP contribution in [0.25, 0.3) is 0 Å². The van der Waals surface area contributed by atoms with Crippen molar-refractivity contribution in [2.45, 2.75) is 90.4 Å². The molecule has 2 atom stereocenters. The molecule has 6 nitrogen and oxygen atoms in total. The first-order chi connectivity index (χ1) is 11.8. The van der Waals surface area contributed by atoms with Crippen LogP contribution in [-0.2, 0) is 9.59 Å². The highest BCUT2D eigenvalue weighted by Crippen LogP contribution is 2.26. The predicted octanol–water partition coefficient (Wildman–Crippen LogP) is 1.99. The number of carbonyl (C=O) groups is 2. The Hall–Kier alpha value is -1.14. The van der Waals surface area contributed by atoms with Crippen LogP contribution < -0.4 is 10.6 Å². The summed E-state index contributed by atoms with van der Waals surface area (Å²) < 4.78 is 0. The molecule has 0 aromatic carbocycles. The minimum atomic E-state index is -0.217. The molecule has 1 saturated carbocycles. The van der Waals surface area contributed by atoms with E-state index in [4.69, 9.17) is 0 Å². The first kappa shape index (κ1) is 22.9. The second kappa shape index (κ2) is 9.18. The van der Waals surface area contributed by atoms with Crippen molar-refractivity contribution in [1.82, 2.24) is 20.4 Å². The second-order valence-electron chi connectivity index (χ2n) is 9.85. The van der Waals surface area contributed by atoms with Crippen molar-refractivity contribution < 1.29 is 9.59 Å². The van der Waals surface area contributed by atoms with E-state index < -0.39 is 0 Å². The van der Waals surface area contributed by atoms with Gasteiger partial charge in [0.05, 0.1) is 13.1 Å². The Morgan fingerprint density at radius 1 is 0.769 bits per heavy atom. The summed E-state index contributed by atoms with van der Waals surface area (Å²) in [5.41, 5.74) is -0.433. The number of rotatable bonds is 6. The number of amides is 2. The van der Waals surface area contributed by atoms with Crippen molar-refractivity contribution in [3.8, 4) is 0 Å². The number of nitrogens with zero attached hydrogens (tertiary/aromatic N) is 2. The van der Waals surface area contributed by atoms with Crippen LogP contribution in [0.5, 0.6) is 0 Å². The lowest BCUT2D eigenvalue weighted by molar-refractivity contribution is -0.126. The van der Waals surface area contributed by atoms with Gasteiger partial charge < -0.3 is 10.6 Å². The SMILES string of the molecule is CN(CC(=O)NC(C)(C)C)[C@H]1CCCC[C@@H]1N(C)CC(=O)NC(C)(C)C. The van der Waals surface area contributed by atoms with E-state index in [-0.39, 0.29) is 22.9 Å². The third-order valence-corrected chi connectivity index (χ3v) is 4.64. The minimum absolute atomic E-state index is 0.0532. The molecule has 1 fully saturated rings. The highest BCUT2D eigenvalue weighted by molar-refractivity contribution is 5.79. The van der Waals surface area contributed by atoms with Crippen LogP contribution >= 0.6 is 0 Å². The molecule has 2 N–H and O–H groups in total. The van der Waals surface area contributed by atoms with E-state index >= 15 is 0 Å². The molecular weight excluding hydrogens is 328 g/mol. The van der Waals surface area contributed by atoms with E-state index in [0.29, 0.717) is 25.2 Å². The first-order valence-electron chi connectivity index (χ1n) is 9.81. The maximum absolute atomic E-state index is 12.3. The van der Waals surface area contributed by atoms with Gasteiger partial charge >= 0.3 is 0 Å². The lowest BCUT2D eigenvalue weighted by atomic mass is 9.88. The summed E-state index contributed by atoms with van der Waals surface area (Å²) in [5, 5.41) is 6.07. The summed E-state index contributed by atoms with van der Waals surface area (Å²) >= 11 is 0. The van der Waals surface area contributed by atoms with Crippen LogP contribution in [0.15, 0.2) is 0 Å². The molecule has 0 aromatic rings. The number of carbonyl (C=O) groups excluding carboxylic acids is 2. The predicted molar refractivity (Wildman–Crippen MR) is 107 cm³/mol. The van der Waals surface area contributed by atoms with Gasteiger partial charge in [0.25, 0.3) is 0 Å². The fourth-order valence-electron chi connectivity index (χ4n) is 3.72. The monoisotopic (exact) mass is 368 g/mol. The van der Waals surface area contributed by atoms with Crippen LogP contribution in [0.4, 0.5) is 0 Å². The minimum Gasteiger partial charge on any atom is -0.350 e. The highest BCUT2D eigenvalue weighted by Gasteiger charge is 2.33. The Morgan fingerprint density at radius 3 is 1.35 bits per heavy atom. The summed E-state index contributed by atoms with van der Waals surface area (Å²) in [4.78, 5) is 28.9. The maximum Gasteiger partial charge on any atom is 0.234 e. The molecule has 0 unspecified atom stereocenters. The smallest absolute Gasteiger partial charge is 0.234 e. The second-order valence-corrected chi connectivity index (χ2v) is 9.85. The average molecular weight is 369 g/mol. The number of hydrogen-bond donors (Lipinski definition) is 2.